The fourth-order valence-corrected chi connectivity index (χ4v) is 4.88. The van der Waals surface area contributed by atoms with Crippen LogP contribution in [0.25, 0.3) is 0 Å². The molecule has 0 spiro atoms. The van der Waals surface area contributed by atoms with E-state index in [9.17, 15) is 4.79 Å². The van der Waals surface area contributed by atoms with E-state index in [4.69, 9.17) is 0 Å². The van der Waals surface area contributed by atoms with Gasteiger partial charge in [-0.05, 0) is 37.4 Å². The minimum atomic E-state index is 0.262. The molecule has 0 radical (unpaired) electrons. The number of nitrogens with zero attached hydrogens (tertiary/aromatic N) is 3. The van der Waals surface area contributed by atoms with E-state index in [0.717, 1.165) is 50.2 Å². The zero-order valence-corrected chi connectivity index (χ0v) is 14.9. The third-order valence-corrected chi connectivity index (χ3v) is 6.53. The summed E-state index contributed by atoms with van der Waals surface area (Å²) in [5, 5.41) is 0. The first kappa shape index (κ1) is 15.6. The van der Waals surface area contributed by atoms with Crippen molar-refractivity contribution >= 4 is 17.2 Å². The normalized spacial score (nSPS) is 22.6. The minimum absolute atomic E-state index is 0.262. The minimum Gasteiger partial charge on any atom is -0.335 e. The standard InChI is InChI=1S/C18H27N3OS/c1-2-3-6-19-7-9-20(10-8-19)18(22)16-11-14-12-21(15-4-5-15)13-17(14)23-16/h11,15H,2-10,12-13H2,1H3. The van der Waals surface area contributed by atoms with E-state index < -0.39 is 0 Å². The van der Waals surface area contributed by atoms with Gasteiger partial charge in [-0.25, -0.2) is 0 Å². The van der Waals surface area contributed by atoms with Gasteiger partial charge in [-0.2, -0.15) is 0 Å². The van der Waals surface area contributed by atoms with Crippen molar-refractivity contribution in [3.05, 3.63) is 21.4 Å². The molecule has 126 valence electrons. The fourth-order valence-electron chi connectivity index (χ4n) is 3.71. The summed E-state index contributed by atoms with van der Waals surface area (Å²) < 4.78 is 0. The van der Waals surface area contributed by atoms with Gasteiger partial charge in [-0.15, -0.1) is 11.3 Å². The average molecular weight is 334 g/mol. The lowest BCUT2D eigenvalue weighted by atomic mass is 10.2. The van der Waals surface area contributed by atoms with Crippen molar-refractivity contribution in [2.45, 2.75) is 51.7 Å². The topological polar surface area (TPSA) is 26.8 Å². The maximum Gasteiger partial charge on any atom is 0.264 e. The predicted octanol–water partition coefficient (Wildman–Crippen LogP) is 2.78. The summed E-state index contributed by atoms with van der Waals surface area (Å²) in [5.74, 6) is 0.262. The molecule has 3 aliphatic rings. The lowest BCUT2D eigenvalue weighted by molar-refractivity contribution is 0.0640. The van der Waals surface area contributed by atoms with Crippen molar-refractivity contribution in [2.24, 2.45) is 0 Å². The summed E-state index contributed by atoms with van der Waals surface area (Å²) in [5.41, 5.74) is 1.41. The van der Waals surface area contributed by atoms with Crippen LogP contribution in [0.5, 0.6) is 0 Å². The van der Waals surface area contributed by atoms with Crippen LogP contribution in [0.15, 0.2) is 6.07 Å². The fraction of sp³-hybridized carbons (Fsp3) is 0.722. The number of piperazine rings is 1. The number of carbonyl (C=O) groups excluding carboxylic acids is 1. The van der Waals surface area contributed by atoms with Gasteiger partial charge in [0.05, 0.1) is 4.88 Å². The number of amides is 1. The zero-order valence-electron chi connectivity index (χ0n) is 14.1. The first-order valence-corrected chi connectivity index (χ1v) is 9.93. The molecule has 1 saturated carbocycles. The molecule has 1 amide bonds. The quantitative estimate of drug-likeness (QED) is 0.829. The van der Waals surface area contributed by atoms with E-state index in [1.165, 1.54) is 42.7 Å². The maximum absolute atomic E-state index is 12.8. The van der Waals surface area contributed by atoms with Crippen molar-refractivity contribution in [1.82, 2.24) is 14.7 Å². The molecule has 0 unspecified atom stereocenters. The molecule has 23 heavy (non-hydrogen) atoms. The Bertz CT molecular complexity index is 549. The first-order valence-electron chi connectivity index (χ1n) is 9.12. The van der Waals surface area contributed by atoms with Crippen LogP contribution >= 0.6 is 11.3 Å². The lowest BCUT2D eigenvalue weighted by Crippen LogP contribution is -2.48. The van der Waals surface area contributed by atoms with Gasteiger partial charge in [0.15, 0.2) is 0 Å². The summed E-state index contributed by atoms with van der Waals surface area (Å²) in [7, 11) is 0. The molecule has 3 heterocycles. The Labute approximate surface area is 143 Å². The molecule has 1 aromatic rings. The SMILES string of the molecule is CCCCN1CCN(C(=O)c2cc3c(s2)CN(C2CC2)C3)CC1. The lowest BCUT2D eigenvalue weighted by Gasteiger charge is -2.34. The van der Waals surface area contributed by atoms with Gasteiger partial charge in [-0.1, -0.05) is 13.3 Å². The Morgan fingerprint density at radius 2 is 2.00 bits per heavy atom. The summed E-state index contributed by atoms with van der Waals surface area (Å²) in [6.07, 6.45) is 5.24. The molecular formula is C18H27N3OS. The Hall–Kier alpha value is -0.910. The van der Waals surface area contributed by atoms with Crippen molar-refractivity contribution < 1.29 is 4.79 Å². The summed E-state index contributed by atoms with van der Waals surface area (Å²) in [4.78, 5) is 22.3. The second-order valence-corrected chi connectivity index (χ2v) is 8.32. The third kappa shape index (κ3) is 3.32. The molecule has 5 heteroatoms. The number of fused-ring (bicyclic) bond motifs is 1. The summed E-state index contributed by atoms with van der Waals surface area (Å²) in [6, 6.07) is 3.00. The van der Waals surface area contributed by atoms with Crippen molar-refractivity contribution in [3.8, 4) is 0 Å². The van der Waals surface area contributed by atoms with Crippen LogP contribution in [-0.2, 0) is 13.1 Å². The first-order chi connectivity index (χ1) is 11.2. The second-order valence-electron chi connectivity index (χ2n) is 7.18. The van der Waals surface area contributed by atoms with Gasteiger partial charge in [0.2, 0.25) is 0 Å². The Balaban J connectivity index is 1.33. The number of thiophene rings is 1. The van der Waals surface area contributed by atoms with E-state index in [2.05, 4.69) is 27.7 Å². The third-order valence-electron chi connectivity index (χ3n) is 5.38. The molecular weight excluding hydrogens is 306 g/mol. The van der Waals surface area contributed by atoms with Gasteiger partial charge in [0.25, 0.3) is 5.91 Å². The maximum atomic E-state index is 12.8. The molecule has 4 rings (SSSR count). The van der Waals surface area contributed by atoms with E-state index >= 15 is 0 Å². The smallest absolute Gasteiger partial charge is 0.264 e. The van der Waals surface area contributed by atoms with E-state index in [-0.39, 0.29) is 5.91 Å². The Morgan fingerprint density at radius 3 is 2.65 bits per heavy atom. The van der Waals surface area contributed by atoms with Crippen LogP contribution in [-0.4, -0.2) is 59.4 Å². The Morgan fingerprint density at radius 1 is 1.22 bits per heavy atom. The van der Waals surface area contributed by atoms with E-state index in [0.29, 0.717) is 0 Å². The van der Waals surface area contributed by atoms with Crippen LogP contribution in [0.1, 0.15) is 52.7 Å². The van der Waals surface area contributed by atoms with E-state index in [1.807, 2.05) is 0 Å². The molecule has 1 aromatic heterocycles. The van der Waals surface area contributed by atoms with Crippen LogP contribution in [0.2, 0.25) is 0 Å². The van der Waals surface area contributed by atoms with Gasteiger partial charge < -0.3 is 4.90 Å². The summed E-state index contributed by atoms with van der Waals surface area (Å²) >= 11 is 1.74. The zero-order chi connectivity index (χ0) is 15.8. The number of unbranched alkanes of at least 4 members (excludes halogenated alkanes) is 1. The molecule has 1 saturated heterocycles. The number of hydrogen-bond donors (Lipinski definition) is 0. The van der Waals surface area contributed by atoms with Gasteiger partial charge in [0, 0.05) is 50.2 Å². The van der Waals surface area contributed by atoms with Crippen LogP contribution < -0.4 is 0 Å². The molecule has 0 atom stereocenters. The van der Waals surface area contributed by atoms with Crippen LogP contribution in [0, 0.1) is 0 Å². The second kappa shape index (κ2) is 6.54. The molecule has 2 aliphatic heterocycles. The number of rotatable bonds is 5. The number of hydrogen-bond acceptors (Lipinski definition) is 4. The van der Waals surface area contributed by atoms with Crippen molar-refractivity contribution in [1.29, 1.82) is 0 Å². The van der Waals surface area contributed by atoms with E-state index in [1.54, 1.807) is 11.3 Å². The van der Waals surface area contributed by atoms with Gasteiger partial charge in [-0.3, -0.25) is 14.6 Å². The summed E-state index contributed by atoms with van der Waals surface area (Å²) in [6.45, 7) is 9.40. The Kier molecular flexibility index (Phi) is 4.43. The number of carbonyl (C=O) groups is 1. The molecule has 2 fully saturated rings. The monoisotopic (exact) mass is 333 g/mol. The highest BCUT2D eigenvalue weighted by Crippen LogP contribution is 2.38. The average Bonchev–Trinajstić information content (AvgIpc) is 3.23. The van der Waals surface area contributed by atoms with Gasteiger partial charge >= 0.3 is 0 Å². The highest BCUT2D eigenvalue weighted by atomic mass is 32.1. The molecule has 0 bridgehead atoms. The van der Waals surface area contributed by atoms with Crippen LogP contribution in [0.4, 0.5) is 0 Å². The van der Waals surface area contributed by atoms with Gasteiger partial charge in [0.1, 0.15) is 0 Å². The van der Waals surface area contributed by atoms with Crippen molar-refractivity contribution in [2.75, 3.05) is 32.7 Å². The highest BCUT2D eigenvalue weighted by Gasteiger charge is 2.35. The predicted molar refractivity (Wildman–Crippen MR) is 93.8 cm³/mol. The molecule has 0 aromatic carbocycles. The molecule has 0 N–H and O–H groups in total. The largest absolute Gasteiger partial charge is 0.335 e. The molecule has 4 nitrogen and oxygen atoms in total. The van der Waals surface area contributed by atoms with Crippen LogP contribution in [0.3, 0.4) is 0 Å². The van der Waals surface area contributed by atoms with Crippen molar-refractivity contribution in [3.63, 3.8) is 0 Å². The molecule has 1 aliphatic carbocycles. The highest BCUT2D eigenvalue weighted by molar-refractivity contribution is 7.14.